The summed E-state index contributed by atoms with van der Waals surface area (Å²) in [7, 11) is 0. The third-order valence-electron chi connectivity index (χ3n) is 4.90. The number of aromatic nitrogens is 3. The number of carbonyl (C=O) groups excluding carboxylic acids is 1. The lowest BCUT2D eigenvalue weighted by Gasteiger charge is -2.15. The molecule has 2 atom stereocenters. The van der Waals surface area contributed by atoms with Gasteiger partial charge >= 0.3 is 0 Å². The summed E-state index contributed by atoms with van der Waals surface area (Å²) in [6, 6.07) is 13.2. The van der Waals surface area contributed by atoms with Crippen molar-refractivity contribution in [2.24, 2.45) is 0 Å². The fourth-order valence-corrected chi connectivity index (χ4v) is 3.01. The van der Waals surface area contributed by atoms with Gasteiger partial charge in [-0.25, -0.2) is 0 Å². The minimum absolute atomic E-state index is 0.0756. The van der Waals surface area contributed by atoms with Crippen molar-refractivity contribution in [3.05, 3.63) is 65.8 Å². The summed E-state index contributed by atoms with van der Waals surface area (Å²) >= 11 is 0. The molecule has 3 aromatic rings. The zero-order valence-electron chi connectivity index (χ0n) is 15.4. The first-order chi connectivity index (χ1) is 13.1. The molecule has 1 amide bonds. The van der Waals surface area contributed by atoms with E-state index in [1.807, 2.05) is 56.3 Å². The molecule has 6 heteroatoms. The van der Waals surface area contributed by atoms with Gasteiger partial charge in [-0.15, -0.1) is 0 Å². The number of amides is 1. The number of rotatable bonds is 6. The van der Waals surface area contributed by atoms with Crippen molar-refractivity contribution < 1.29 is 9.32 Å². The summed E-state index contributed by atoms with van der Waals surface area (Å²) in [6.45, 7) is 3.72. The van der Waals surface area contributed by atoms with Crippen molar-refractivity contribution in [2.75, 3.05) is 0 Å². The van der Waals surface area contributed by atoms with E-state index < -0.39 is 0 Å². The number of nitrogens with one attached hydrogen (secondary N) is 1. The predicted octanol–water partition coefficient (Wildman–Crippen LogP) is 3.99. The first-order valence-corrected chi connectivity index (χ1v) is 9.27. The highest BCUT2D eigenvalue weighted by molar-refractivity contribution is 5.83. The number of nitrogens with zero attached hydrogens (tertiary/aromatic N) is 3. The second-order valence-corrected chi connectivity index (χ2v) is 7.06. The van der Waals surface area contributed by atoms with Gasteiger partial charge < -0.3 is 9.84 Å². The highest BCUT2D eigenvalue weighted by atomic mass is 16.5. The van der Waals surface area contributed by atoms with Crippen LogP contribution in [0.3, 0.4) is 0 Å². The highest BCUT2D eigenvalue weighted by Crippen LogP contribution is 2.39. The Morgan fingerprint density at radius 3 is 2.70 bits per heavy atom. The number of pyridine rings is 1. The molecule has 1 aromatic carbocycles. The molecule has 1 aliphatic rings. The molecule has 4 rings (SSSR count). The van der Waals surface area contributed by atoms with E-state index in [1.165, 1.54) is 12.8 Å². The fraction of sp³-hybridized carbons (Fsp3) is 0.333. The van der Waals surface area contributed by atoms with Crippen LogP contribution in [0.1, 0.15) is 61.7 Å². The molecule has 0 saturated heterocycles. The molecule has 27 heavy (non-hydrogen) atoms. The van der Waals surface area contributed by atoms with E-state index in [-0.39, 0.29) is 17.9 Å². The van der Waals surface area contributed by atoms with Crippen LogP contribution in [0.4, 0.5) is 0 Å². The van der Waals surface area contributed by atoms with Gasteiger partial charge in [0, 0.05) is 23.4 Å². The molecule has 0 bridgehead atoms. The summed E-state index contributed by atoms with van der Waals surface area (Å²) in [5.74, 6) is 1.15. The maximum Gasteiger partial charge on any atom is 0.249 e. The van der Waals surface area contributed by atoms with Gasteiger partial charge in [-0.2, -0.15) is 4.98 Å². The standard InChI is InChI=1S/C21H22N4O2/c1-13(15-6-4-3-5-7-15)20(26)23-14(2)21-24-19(25-27-21)17-10-11-22-18(12-17)16-8-9-16/h3-7,10-14,16H,8-9H2,1-2H3,(H,23,26)/t13-,14+/m1/s1. The highest BCUT2D eigenvalue weighted by Gasteiger charge is 2.26. The molecule has 6 nitrogen and oxygen atoms in total. The van der Waals surface area contributed by atoms with Crippen molar-refractivity contribution in [3.8, 4) is 11.4 Å². The van der Waals surface area contributed by atoms with E-state index in [1.54, 1.807) is 6.20 Å². The van der Waals surface area contributed by atoms with Gasteiger partial charge in [-0.05, 0) is 44.4 Å². The summed E-state index contributed by atoms with van der Waals surface area (Å²) in [4.78, 5) is 21.4. The molecule has 0 spiro atoms. The van der Waals surface area contributed by atoms with Crippen LogP contribution in [0.25, 0.3) is 11.4 Å². The van der Waals surface area contributed by atoms with Gasteiger partial charge in [0.1, 0.15) is 6.04 Å². The number of carbonyl (C=O) groups is 1. The number of benzene rings is 1. The molecule has 0 unspecified atom stereocenters. The summed E-state index contributed by atoms with van der Waals surface area (Å²) in [5, 5.41) is 7.02. The Labute approximate surface area is 158 Å². The van der Waals surface area contributed by atoms with Crippen molar-refractivity contribution >= 4 is 5.91 Å². The Balaban J connectivity index is 1.45. The van der Waals surface area contributed by atoms with Gasteiger partial charge in [0.05, 0.1) is 5.92 Å². The molecule has 0 aliphatic heterocycles. The molecule has 2 aromatic heterocycles. The van der Waals surface area contributed by atoms with E-state index in [4.69, 9.17) is 4.52 Å². The van der Waals surface area contributed by atoms with Crippen molar-refractivity contribution in [3.63, 3.8) is 0 Å². The van der Waals surface area contributed by atoms with Gasteiger partial charge in [0.15, 0.2) is 0 Å². The molecule has 1 saturated carbocycles. The average Bonchev–Trinajstić information content (AvgIpc) is 3.44. The lowest BCUT2D eigenvalue weighted by molar-refractivity contribution is -0.123. The molecule has 1 aliphatic carbocycles. The van der Waals surface area contributed by atoms with Crippen LogP contribution in [-0.4, -0.2) is 21.0 Å². The summed E-state index contributed by atoms with van der Waals surface area (Å²) in [6.07, 6.45) is 4.17. The third kappa shape index (κ3) is 3.89. The average molecular weight is 362 g/mol. The zero-order valence-corrected chi connectivity index (χ0v) is 15.4. The number of hydrogen-bond acceptors (Lipinski definition) is 5. The Morgan fingerprint density at radius 1 is 1.19 bits per heavy atom. The lowest BCUT2D eigenvalue weighted by atomic mass is 10.0. The van der Waals surface area contributed by atoms with Crippen LogP contribution in [0.15, 0.2) is 53.2 Å². The topological polar surface area (TPSA) is 80.9 Å². The van der Waals surface area contributed by atoms with Crippen LogP contribution < -0.4 is 5.32 Å². The van der Waals surface area contributed by atoms with E-state index >= 15 is 0 Å². The molecule has 1 N–H and O–H groups in total. The zero-order chi connectivity index (χ0) is 18.8. The SMILES string of the molecule is C[C@H](NC(=O)[C@H](C)c1ccccc1)c1nc(-c2ccnc(C3CC3)c2)no1. The van der Waals surface area contributed by atoms with Crippen LogP contribution >= 0.6 is 0 Å². The monoisotopic (exact) mass is 362 g/mol. The van der Waals surface area contributed by atoms with Crippen LogP contribution in [0, 0.1) is 0 Å². The first kappa shape index (κ1) is 17.4. The van der Waals surface area contributed by atoms with Crippen LogP contribution in [0.5, 0.6) is 0 Å². The van der Waals surface area contributed by atoms with E-state index in [0.29, 0.717) is 17.6 Å². The molecule has 0 radical (unpaired) electrons. The Morgan fingerprint density at radius 2 is 1.96 bits per heavy atom. The van der Waals surface area contributed by atoms with Crippen molar-refractivity contribution in [1.82, 2.24) is 20.4 Å². The molecule has 2 heterocycles. The predicted molar refractivity (Wildman–Crippen MR) is 101 cm³/mol. The number of hydrogen-bond donors (Lipinski definition) is 1. The largest absolute Gasteiger partial charge is 0.344 e. The molecular weight excluding hydrogens is 340 g/mol. The van der Waals surface area contributed by atoms with Gasteiger partial charge in [-0.3, -0.25) is 9.78 Å². The smallest absolute Gasteiger partial charge is 0.249 e. The maximum atomic E-state index is 12.5. The first-order valence-electron chi connectivity index (χ1n) is 9.27. The summed E-state index contributed by atoms with van der Waals surface area (Å²) in [5.41, 5.74) is 2.94. The van der Waals surface area contributed by atoms with Gasteiger partial charge in [0.25, 0.3) is 0 Å². The molecule has 138 valence electrons. The van der Waals surface area contributed by atoms with E-state index in [0.717, 1.165) is 16.8 Å². The van der Waals surface area contributed by atoms with Crippen molar-refractivity contribution in [2.45, 2.75) is 44.6 Å². The molecular formula is C21H22N4O2. The lowest BCUT2D eigenvalue weighted by Crippen LogP contribution is -2.30. The maximum absolute atomic E-state index is 12.5. The normalized spacial score (nSPS) is 15.9. The van der Waals surface area contributed by atoms with E-state index in [9.17, 15) is 4.79 Å². The Bertz CT molecular complexity index is 934. The van der Waals surface area contributed by atoms with E-state index in [2.05, 4.69) is 20.4 Å². The second kappa shape index (κ2) is 7.31. The second-order valence-electron chi connectivity index (χ2n) is 7.06. The van der Waals surface area contributed by atoms with Gasteiger partial charge in [-0.1, -0.05) is 35.5 Å². The minimum Gasteiger partial charge on any atom is -0.344 e. The van der Waals surface area contributed by atoms with Crippen molar-refractivity contribution in [1.29, 1.82) is 0 Å². The van der Waals surface area contributed by atoms with Gasteiger partial charge in [0.2, 0.25) is 17.6 Å². The Kier molecular flexibility index (Phi) is 4.71. The minimum atomic E-state index is -0.366. The molecule has 1 fully saturated rings. The fourth-order valence-electron chi connectivity index (χ4n) is 3.01. The quantitative estimate of drug-likeness (QED) is 0.717. The van der Waals surface area contributed by atoms with Crippen LogP contribution in [-0.2, 0) is 4.79 Å². The Hall–Kier alpha value is -3.02. The van der Waals surface area contributed by atoms with Crippen LogP contribution in [0.2, 0.25) is 0 Å². The summed E-state index contributed by atoms with van der Waals surface area (Å²) < 4.78 is 5.39. The third-order valence-corrected chi connectivity index (χ3v) is 4.90.